The second kappa shape index (κ2) is 9.39. The average molecular weight is 483 g/mol. The van der Waals surface area contributed by atoms with Gasteiger partial charge in [0.2, 0.25) is 0 Å². The molecule has 2 aliphatic heterocycles. The van der Waals surface area contributed by atoms with Crippen LogP contribution in [0.25, 0.3) is 0 Å². The molecule has 0 spiro atoms. The number of hydrogen-bond donors (Lipinski definition) is 2. The first kappa shape index (κ1) is 23.4. The van der Waals surface area contributed by atoms with E-state index in [0.717, 1.165) is 35.7 Å². The number of imide groups is 1. The number of benzene rings is 3. The van der Waals surface area contributed by atoms with E-state index in [-0.39, 0.29) is 35.4 Å². The van der Waals surface area contributed by atoms with Crippen molar-refractivity contribution in [2.24, 2.45) is 0 Å². The Morgan fingerprint density at radius 3 is 2.44 bits per heavy atom. The second-order valence-corrected chi connectivity index (χ2v) is 9.24. The fraction of sp³-hybridized carbons (Fsp3) is 0.214. The Balaban J connectivity index is 1.23. The summed E-state index contributed by atoms with van der Waals surface area (Å²) in [5.41, 5.74) is 5.35. The lowest BCUT2D eigenvalue weighted by molar-refractivity contribution is 0.0692. The maximum Gasteiger partial charge on any atom is 0.261 e. The zero-order valence-corrected chi connectivity index (χ0v) is 20.1. The molecule has 2 aliphatic rings. The Kier molecular flexibility index (Phi) is 6.12. The van der Waals surface area contributed by atoms with Crippen LogP contribution in [0.1, 0.15) is 58.1 Å². The van der Waals surface area contributed by atoms with E-state index in [2.05, 4.69) is 28.6 Å². The zero-order valence-electron chi connectivity index (χ0n) is 20.1. The fourth-order valence-corrected chi connectivity index (χ4v) is 4.59. The molecular formula is C28H26N4O4. The number of anilines is 1. The highest BCUT2D eigenvalue weighted by molar-refractivity contribution is 6.21. The van der Waals surface area contributed by atoms with Crippen molar-refractivity contribution < 1.29 is 19.2 Å². The highest BCUT2D eigenvalue weighted by atomic mass is 16.2. The van der Waals surface area contributed by atoms with Crippen LogP contribution in [-0.2, 0) is 19.5 Å². The minimum atomic E-state index is -0.422. The van der Waals surface area contributed by atoms with E-state index < -0.39 is 5.91 Å². The zero-order chi connectivity index (χ0) is 25.4. The standard InChI is InChI=1S/C28H26N4O4/c1-31-11-10-18-6-8-22(13-21(18)16-31)30-26(34)19-5-3-4-17(12-19)15-29-25(33)20-7-9-23-24(14-20)28(36)32(2)27(23)35/h3-9,12-14H,10-11,15-16H2,1-2H3,(H,29,33)(H,30,34). The largest absolute Gasteiger partial charge is 0.348 e. The molecule has 0 atom stereocenters. The van der Waals surface area contributed by atoms with Crippen molar-refractivity contribution in [3.05, 3.63) is 99.6 Å². The third-order valence-corrected chi connectivity index (χ3v) is 6.66. The molecular weight excluding hydrogens is 456 g/mol. The van der Waals surface area contributed by atoms with Crippen molar-refractivity contribution in [3.8, 4) is 0 Å². The second-order valence-electron chi connectivity index (χ2n) is 9.24. The molecule has 0 aliphatic carbocycles. The Morgan fingerprint density at radius 1 is 0.833 bits per heavy atom. The number of likely N-dealkylation sites (N-methyl/N-ethyl adjacent to an activating group) is 1. The molecule has 5 rings (SSSR count). The quantitative estimate of drug-likeness (QED) is 0.545. The summed E-state index contributed by atoms with van der Waals surface area (Å²) < 4.78 is 0. The molecule has 0 saturated heterocycles. The number of carbonyl (C=O) groups excluding carboxylic acids is 4. The highest BCUT2D eigenvalue weighted by Crippen LogP contribution is 2.24. The molecule has 3 aromatic rings. The summed E-state index contributed by atoms with van der Waals surface area (Å²) in [7, 11) is 3.50. The van der Waals surface area contributed by atoms with E-state index in [9.17, 15) is 19.2 Å². The van der Waals surface area contributed by atoms with Crippen molar-refractivity contribution in [1.82, 2.24) is 15.1 Å². The summed E-state index contributed by atoms with van der Waals surface area (Å²) in [6, 6.07) is 17.6. The van der Waals surface area contributed by atoms with E-state index >= 15 is 0 Å². The first-order valence-electron chi connectivity index (χ1n) is 11.8. The van der Waals surface area contributed by atoms with E-state index in [1.54, 1.807) is 18.2 Å². The van der Waals surface area contributed by atoms with E-state index in [4.69, 9.17) is 0 Å². The van der Waals surface area contributed by atoms with Crippen LogP contribution in [-0.4, -0.2) is 54.1 Å². The highest BCUT2D eigenvalue weighted by Gasteiger charge is 2.33. The van der Waals surface area contributed by atoms with Gasteiger partial charge in [0.25, 0.3) is 23.6 Å². The van der Waals surface area contributed by atoms with E-state index in [0.29, 0.717) is 11.1 Å². The molecule has 2 N–H and O–H groups in total. The first-order valence-corrected chi connectivity index (χ1v) is 11.8. The third-order valence-electron chi connectivity index (χ3n) is 6.66. The number of nitrogens with one attached hydrogen (secondary N) is 2. The number of amides is 4. The van der Waals surface area contributed by atoms with Crippen LogP contribution in [0.5, 0.6) is 0 Å². The first-order chi connectivity index (χ1) is 17.3. The van der Waals surface area contributed by atoms with Gasteiger partial charge in [0.15, 0.2) is 0 Å². The topological polar surface area (TPSA) is 98.8 Å². The van der Waals surface area contributed by atoms with Crippen LogP contribution in [0.3, 0.4) is 0 Å². The SMILES string of the molecule is CN1CCc2ccc(NC(=O)c3cccc(CNC(=O)c4ccc5c(c4)C(=O)N(C)C5=O)c3)cc2C1. The van der Waals surface area contributed by atoms with Gasteiger partial charge in [0.05, 0.1) is 11.1 Å². The molecule has 0 fully saturated rings. The Labute approximate surface area is 208 Å². The molecule has 0 aromatic heterocycles. The minimum Gasteiger partial charge on any atom is -0.348 e. The fourth-order valence-electron chi connectivity index (χ4n) is 4.59. The predicted molar refractivity (Wildman–Crippen MR) is 135 cm³/mol. The third kappa shape index (κ3) is 4.50. The molecule has 3 aromatic carbocycles. The maximum atomic E-state index is 12.9. The Morgan fingerprint density at radius 2 is 1.61 bits per heavy atom. The van der Waals surface area contributed by atoms with Gasteiger partial charge in [-0.3, -0.25) is 24.1 Å². The monoisotopic (exact) mass is 482 g/mol. The molecule has 182 valence electrons. The number of hydrogen-bond acceptors (Lipinski definition) is 5. The van der Waals surface area contributed by atoms with Gasteiger partial charge in [-0.25, -0.2) is 0 Å². The van der Waals surface area contributed by atoms with Crippen molar-refractivity contribution in [2.45, 2.75) is 19.5 Å². The van der Waals surface area contributed by atoms with E-state index in [1.807, 2.05) is 18.2 Å². The van der Waals surface area contributed by atoms with Gasteiger partial charge < -0.3 is 15.5 Å². The van der Waals surface area contributed by atoms with Gasteiger partial charge in [-0.2, -0.15) is 0 Å². The Bertz CT molecular complexity index is 1410. The van der Waals surface area contributed by atoms with Crippen LogP contribution in [0.4, 0.5) is 5.69 Å². The predicted octanol–water partition coefficient (Wildman–Crippen LogP) is 3.08. The average Bonchev–Trinajstić information content (AvgIpc) is 3.10. The van der Waals surface area contributed by atoms with Gasteiger partial charge >= 0.3 is 0 Å². The molecule has 0 radical (unpaired) electrons. The smallest absolute Gasteiger partial charge is 0.261 e. The van der Waals surface area contributed by atoms with Crippen LogP contribution < -0.4 is 10.6 Å². The summed E-state index contributed by atoms with van der Waals surface area (Å²) in [6.45, 7) is 2.10. The van der Waals surface area contributed by atoms with Gasteiger partial charge in [-0.1, -0.05) is 18.2 Å². The van der Waals surface area contributed by atoms with Crippen LogP contribution in [0.2, 0.25) is 0 Å². The number of rotatable bonds is 5. The lowest BCUT2D eigenvalue weighted by Gasteiger charge is -2.25. The summed E-state index contributed by atoms with van der Waals surface area (Å²) in [5.74, 6) is -1.39. The summed E-state index contributed by atoms with van der Waals surface area (Å²) >= 11 is 0. The Hall–Kier alpha value is -4.30. The van der Waals surface area contributed by atoms with Gasteiger partial charge in [0, 0.05) is 43.5 Å². The summed E-state index contributed by atoms with van der Waals surface area (Å²) in [6.07, 6.45) is 1.00. The molecule has 8 heteroatoms. The normalized spacial score (nSPS) is 14.9. The number of nitrogens with zero attached hydrogens (tertiary/aromatic N) is 2. The van der Waals surface area contributed by atoms with Gasteiger partial charge in [0.1, 0.15) is 0 Å². The summed E-state index contributed by atoms with van der Waals surface area (Å²) in [4.78, 5) is 53.1. The van der Waals surface area contributed by atoms with Gasteiger partial charge in [-0.05, 0) is 72.6 Å². The van der Waals surface area contributed by atoms with Crippen molar-refractivity contribution in [3.63, 3.8) is 0 Å². The van der Waals surface area contributed by atoms with Crippen LogP contribution in [0.15, 0.2) is 60.7 Å². The lowest BCUT2D eigenvalue weighted by Crippen LogP contribution is -2.26. The summed E-state index contributed by atoms with van der Waals surface area (Å²) in [5, 5.41) is 5.78. The molecule has 4 amide bonds. The minimum absolute atomic E-state index is 0.203. The molecule has 2 heterocycles. The van der Waals surface area contributed by atoms with Crippen molar-refractivity contribution >= 4 is 29.3 Å². The lowest BCUT2D eigenvalue weighted by atomic mass is 9.99. The number of fused-ring (bicyclic) bond motifs is 2. The molecule has 0 bridgehead atoms. The number of carbonyl (C=O) groups is 4. The molecule has 8 nitrogen and oxygen atoms in total. The van der Waals surface area contributed by atoms with Crippen molar-refractivity contribution in [1.29, 1.82) is 0 Å². The van der Waals surface area contributed by atoms with Crippen LogP contribution >= 0.6 is 0 Å². The maximum absolute atomic E-state index is 12.9. The molecule has 36 heavy (non-hydrogen) atoms. The van der Waals surface area contributed by atoms with Gasteiger partial charge in [-0.15, -0.1) is 0 Å². The molecule has 0 saturated carbocycles. The van der Waals surface area contributed by atoms with Crippen LogP contribution in [0, 0.1) is 0 Å². The molecule has 0 unspecified atom stereocenters. The van der Waals surface area contributed by atoms with Crippen molar-refractivity contribution in [2.75, 3.05) is 26.0 Å². The van der Waals surface area contributed by atoms with E-state index in [1.165, 1.54) is 36.4 Å².